The maximum atomic E-state index is 13.5. The molecule has 0 heterocycles. The van der Waals surface area contributed by atoms with Crippen LogP contribution in [-0.4, -0.2) is 19.8 Å². The summed E-state index contributed by atoms with van der Waals surface area (Å²) in [5, 5.41) is 2.78. The molecule has 0 aliphatic heterocycles. The Labute approximate surface area is 109 Å². The summed E-state index contributed by atoms with van der Waals surface area (Å²) in [6.45, 7) is 2.29. The number of benzene rings is 1. The molecule has 1 aromatic rings. The number of alkyl halides is 3. The summed E-state index contributed by atoms with van der Waals surface area (Å²) in [5.74, 6) is -0.643. The first-order valence-corrected chi connectivity index (χ1v) is 6.01. The van der Waals surface area contributed by atoms with E-state index in [9.17, 15) is 17.6 Å². The van der Waals surface area contributed by atoms with E-state index in [4.69, 9.17) is 4.74 Å². The Morgan fingerprint density at radius 1 is 1.32 bits per heavy atom. The van der Waals surface area contributed by atoms with Crippen molar-refractivity contribution in [3.05, 3.63) is 29.6 Å². The Morgan fingerprint density at radius 2 is 2.00 bits per heavy atom. The lowest BCUT2D eigenvalue weighted by molar-refractivity contribution is -0.140. The molecule has 6 heteroatoms. The maximum Gasteiger partial charge on any atom is 0.390 e. The van der Waals surface area contributed by atoms with Crippen LogP contribution < -0.4 is 10.1 Å². The fourth-order valence-electron chi connectivity index (χ4n) is 1.76. The van der Waals surface area contributed by atoms with Gasteiger partial charge in [0, 0.05) is 6.04 Å². The van der Waals surface area contributed by atoms with Gasteiger partial charge in [0.2, 0.25) is 0 Å². The van der Waals surface area contributed by atoms with Crippen LogP contribution in [0.2, 0.25) is 0 Å². The quantitative estimate of drug-likeness (QED) is 0.799. The van der Waals surface area contributed by atoms with Crippen LogP contribution in [0.1, 0.15) is 31.4 Å². The van der Waals surface area contributed by atoms with Gasteiger partial charge in [-0.2, -0.15) is 13.2 Å². The van der Waals surface area contributed by atoms with Crippen molar-refractivity contribution in [2.75, 3.05) is 13.7 Å². The molecule has 0 amide bonds. The van der Waals surface area contributed by atoms with Crippen LogP contribution in [0.5, 0.6) is 5.75 Å². The number of methoxy groups -OCH3 is 1. The molecule has 0 aliphatic carbocycles. The Kier molecular flexibility index (Phi) is 5.60. The average Bonchev–Trinajstić information content (AvgIpc) is 2.33. The second-order valence-corrected chi connectivity index (χ2v) is 4.22. The zero-order chi connectivity index (χ0) is 14.5. The van der Waals surface area contributed by atoms with Gasteiger partial charge < -0.3 is 10.1 Å². The van der Waals surface area contributed by atoms with Crippen molar-refractivity contribution in [1.29, 1.82) is 0 Å². The molecular weight excluding hydrogens is 262 g/mol. The molecule has 1 aromatic carbocycles. The second-order valence-electron chi connectivity index (χ2n) is 4.22. The van der Waals surface area contributed by atoms with Crippen LogP contribution in [0, 0.1) is 5.82 Å². The van der Waals surface area contributed by atoms with E-state index in [-0.39, 0.29) is 11.3 Å². The molecule has 0 aliphatic rings. The number of hydrogen-bond donors (Lipinski definition) is 1. The molecule has 0 bridgehead atoms. The molecule has 0 saturated carbocycles. The van der Waals surface area contributed by atoms with E-state index in [1.54, 1.807) is 0 Å². The van der Waals surface area contributed by atoms with Gasteiger partial charge in [-0.25, -0.2) is 4.39 Å². The van der Waals surface area contributed by atoms with Gasteiger partial charge in [0.15, 0.2) is 11.6 Å². The number of rotatable bonds is 6. The molecule has 19 heavy (non-hydrogen) atoms. The van der Waals surface area contributed by atoms with E-state index in [0.29, 0.717) is 13.0 Å². The van der Waals surface area contributed by atoms with Gasteiger partial charge in [-0.1, -0.05) is 13.0 Å². The van der Waals surface area contributed by atoms with Crippen LogP contribution in [0.4, 0.5) is 17.6 Å². The lowest BCUT2D eigenvalue weighted by Crippen LogP contribution is -2.27. The third kappa shape index (κ3) is 5.06. The molecule has 108 valence electrons. The second kappa shape index (κ2) is 6.75. The number of halogens is 4. The summed E-state index contributed by atoms with van der Waals surface area (Å²) in [6, 6.07) is 2.92. The highest BCUT2D eigenvalue weighted by molar-refractivity contribution is 5.31. The molecule has 0 aromatic heterocycles. The summed E-state index contributed by atoms with van der Waals surface area (Å²) in [6.07, 6.45) is -4.63. The Morgan fingerprint density at radius 3 is 2.47 bits per heavy atom. The smallest absolute Gasteiger partial charge is 0.390 e. The minimum atomic E-state index is -4.30. The van der Waals surface area contributed by atoms with Crippen LogP contribution in [0.3, 0.4) is 0 Å². The normalized spacial score (nSPS) is 13.4. The molecule has 1 unspecified atom stereocenters. The molecule has 1 atom stereocenters. The van der Waals surface area contributed by atoms with Gasteiger partial charge >= 0.3 is 6.18 Å². The summed E-state index contributed by atoms with van der Waals surface area (Å²) in [7, 11) is 1.31. The monoisotopic (exact) mass is 279 g/mol. The molecule has 0 saturated heterocycles. The van der Waals surface area contributed by atoms with Crippen molar-refractivity contribution in [2.24, 2.45) is 0 Å². The number of nitrogens with one attached hydrogen (secondary N) is 1. The minimum Gasteiger partial charge on any atom is -0.494 e. The zero-order valence-corrected chi connectivity index (χ0v) is 10.9. The van der Waals surface area contributed by atoms with Crippen LogP contribution >= 0.6 is 0 Å². The standard InChI is InChI=1S/C13H17F4NO/c1-3-6-18-11(8-13(15,16)17)9-4-5-12(19-2)10(14)7-9/h4-5,7,11,18H,3,6,8H2,1-2H3. The van der Waals surface area contributed by atoms with Gasteiger partial charge in [-0.3, -0.25) is 0 Å². The lowest BCUT2D eigenvalue weighted by Gasteiger charge is -2.21. The van der Waals surface area contributed by atoms with Crippen molar-refractivity contribution in [1.82, 2.24) is 5.32 Å². The van der Waals surface area contributed by atoms with Crippen molar-refractivity contribution >= 4 is 0 Å². The van der Waals surface area contributed by atoms with Crippen LogP contribution in [0.25, 0.3) is 0 Å². The molecule has 2 nitrogen and oxygen atoms in total. The lowest BCUT2D eigenvalue weighted by atomic mass is 10.0. The average molecular weight is 279 g/mol. The molecular formula is C13H17F4NO. The number of ether oxygens (including phenoxy) is 1. The van der Waals surface area contributed by atoms with Gasteiger partial charge in [0.25, 0.3) is 0 Å². The summed E-state index contributed by atoms with van der Waals surface area (Å²) in [4.78, 5) is 0. The molecule has 0 radical (unpaired) electrons. The van der Waals surface area contributed by atoms with Crippen molar-refractivity contribution < 1.29 is 22.3 Å². The Bertz CT molecular complexity index is 406. The highest BCUT2D eigenvalue weighted by atomic mass is 19.4. The van der Waals surface area contributed by atoms with Crippen molar-refractivity contribution in [3.8, 4) is 5.75 Å². The van der Waals surface area contributed by atoms with Gasteiger partial charge in [0.1, 0.15) is 0 Å². The van der Waals surface area contributed by atoms with Crippen molar-refractivity contribution in [2.45, 2.75) is 32.0 Å². The van der Waals surface area contributed by atoms with E-state index in [0.717, 1.165) is 6.07 Å². The van der Waals surface area contributed by atoms with Crippen LogP contribution in [0.15, 0.2) is 18.2 Å². The number of hydrogen-bond acceptors (Lipinski definition) is 2. The topological polar surface area (TPSA) is 21.3 Å². The Hall–Kier alpha value is -1.30. The van der Waals surface area contributed by atoms with Gasteiger partial charge in [-0.05, 0) is 30.7 Å². The van der Waals surface area contributed by atoms with Gasteiger partial charge in [-0.15, -0.1) is 0 Å². The largest absolute Gasteiger partial charge is 0.494 e. The first-order valence-electron chi connectivity index (χ1n) is 6.01. The fourth-order valence-corrected chi connectivity index (χ4v) is 1.76. The predicted molar refractivity (Wildman–Crippen MR) is 64.7 cm³/mol. The summed E-state index contributed by atoms with van der Waals surface area (Å²) < 4.78 is 55.8. The zero-order valence-electron chi connectivity index (χ0n) is 10.9. The van der Waals surface area contributed by atoms with Crippen molar-refractivity contribution in [3.63, 3.8) is 0 Å². The summed E-state index contributed by atoms with van der Waals surface area (Å²) in [5.41, 5.74) is 0.268. The molecule has 1 rings (SSSR count). The van der Waals surface area contributed by atoms with Gasteiger partial charge in [0.05, 0.1) is 13.5 Å². The van der Waals surface area contributed by atoms with E-state index in [1.165, 1.54) is 19.2 Å². The Balaban J connectivity index is 2.93. The highest BCUT2D eigenvalue weighted by Crippen LogP contribution is 2.31. The molecule has 1 N–H and O–H groups in total. The minimum absolute atomic E-state index is 0.0185. The van der Waals surface area contributed by atoms with E-state index >= 15 is 0 Å². The fraction of sp³-hybridized carbons (Fsp3) is 0.538. The van der Waals surface area contributed by atoms with E-state index < -0.39 is 24.5 Å². The predicted octanol–water partition coefficient (Wildman–Crippen LogP) is 3.83. The third-order valence-electron chi connectivity index (χ3n) is 2.65. The molecule has 0 spiro atoms. The van der Waals surface area contributed by atoms with E-state index in [1.807, 2.05) is 6.92 Å². The summed E-state index contributed by atoms with van der Waals surface area (Å²) >= 11 is 0. The maximum absolute atomic E-state index is 13.5. The van der Waals surface area contributed by atoms with Crippen LogP contribution in [-0.2, 0) is 0 Å². The highest BCUT2D eigenvalue weighted by Gasteiger charge is 2.32. The SMILES string of the molecule is CCCNC(CC(F)(F)F)c1ccc(OC)c(F)c1. The third-order valence-corrected chi connectivity index (χ3v) is 2.65. The first kappa shape index (κ1) is 15.8. The first-order chi connectivity index (χ1) is 8.87. The van der Waals surface area contributed by atoms with E-state index in [2.05, 4.69) is 5.32 Å². The molecule has 0 fully saturated rings.